The monoisotopic (exact) mass is 489 g/mol. The Morgan fingerprint density at radius 1 is 1.26 bits per heavy atom. The minimum absolute atomic E-state index is 0.154. The Morgan fingerprint density at radius 2 is 1.91 bits per heavy atom. The molecule has 186 valence electrons. The van der Waals surface area contributed by atoms with Crippen molar-refractivity contribution in [3.8, 4) is 0 Å². The molecule has 1 amide bonds. The van der Waals surface area contributed by atoms with Crippen molar-refractivity contribution in [2.75, 3.05) is 13.2 Å². The van der Waals surface area contributed by atoms with Crippen molar-refractivity contribution in [2.24, 2.45) is 24.1 Å². The Hall–Kier alpha value is -2.72. The highest BCUT2D eigenvalue weighted by Crippen LogP contribution is 2.34. The number of allylic oxidation sites excluding steroid dienone is 2. The molecule has 0 bridgehead atoms. The van der Waals surface area contributed by atoms with Crippen LogP contribution in [0.15, 0.2) is 20.9 Å². The summed E-state index contributed by atoms with van der Waals surface area (Å²) in [7, 11) is 1.43. The molecule has 9 nitrogen and oxygen atoms in total. The lowest BCUT2D eigenvalue weighted by Gasteiger charge is -2.23. The average molecular weight is 490 g/mol. The van der Waals surface area contributed by atoms with Crippen molar-refractivity contribution in [3.05, 3.63) is 42.5 Å². The third kappa shape index (κ3) is 4.74. The van der Waals surface area contributed by atoms with E-state index in [1.54, 1.807) is 11.5 Å². The lowest BCUT2D eigenvalue weighted by molar-refractivity contribution is -0.0767. The second-order valence-corrected chi connectivity index (χ2v) is 11.4. The molecule has 0 unspecified atom stereocenters. The van der Waals surface area contributed by atoms with E-state index < -0.39 is 22.6 Å². The zero-order valence-corrected chi connectivity index (χ0v) is 21.9. The number of fused-ring (bicyclic) bond motifs is 1. The van der Waals surface area contributed by atoms with E-state index >= 15 is 0 Å². The number of hydrogen-bond acceptors (Lipinski definition) is 7. The van der Waals surface area contributed by atoms with Crippen LogP contribution in [0.1, 0.15) is 63.2 Å². The maximum atomic E-state index is 13.6. The Bertz CT molecular complexity index is 1280. The summed E-state index contributed by atoms with van der Waals surface area (Å²) < 4.78 is 2.63. The summed E-state index contributed by atoms with van der Waals surface area (Å²) in [6.45, 7) is 12.8. The van der Waals surface area contributed by atoms with Crippen LogP contribution in [-0.4, -0.2) is 39.0 Å². The van der Waals surface area contributed by atoms with Crippen molar-refractivity contribution >= 4 is 33.2 Å². The molecule has 34 heavy (non-hydrogen) atoms. The lowest BCUT2D eigenvalue weighted by Crippen LogP contribution is -2.39. The highest BCUT2D eigenvalue weighted by atomic mass is 32.1. The van der Waals surface area contributed by atoms with E-state index in [1.807, 2.05) is 34.6 Å². The van der Waals surface area contributed by atoms with E-state index in [1.165, 1.54) is 23.4 Å². The first kappa shape index (κ1) is 25.9. The molecular formula is C24H35N5O4S. The van der Waals surface area contributed by atoms with Crippen LogP contribution in [0.4, 0.5) is 0 Å². The number of nitrogens with two attached hydrogens (primary N) is 1. The second-order valence-electron chi connectivity index (χ2n) is 10.3. The topological polar surface area (TPSA) is 123 Å². The summed E-state index contributed by atoms with van der Waals surface area (Å²) in [5, 5.41) is 10.2. The fraction of sp³-hybridized carbons (Fsp3) is 0.583. The van der Waals surface area contributed by atoms with E-state index in [2.05, 4.69) is 0 Å². The van der Waals surface area contributed by atoms with Crippen molar-refractivity contribution in [1.29, 1.82) is 5.41 Å². The predicted molar refractivity (Wildman–Crippen MR) is 136 cm³/mol. The summed E-state index contributed by atoms with van der Waals surface area (Å²) in [6, 6.07) is 0. The van der Waals surface area contributed by atoms with Gasteiger partial charge in [0.2, 0.25) is 0 Å². The van der Waals surface area contributed by atoms with Gasteiger partial charge in [0.1, 0.15) is 4.83 Å². The third-order valence-corrected chi connectivity index (χ3v) is 7.06. The largest absolute Gasteiger partial charge is 0.402 e. The standard InChI is InChI=1S/C24H35N5O4S/c1-13(2)12-28-22-18(20(30)27(7)23(28)32)17(21(31)29-9-8-10-33-29)16(34-22)11-15(14(3)25)19(26)24(4,5)6/h13,26H,8-12,25H2,1-7H3/b15-14-,26-19?. The van der Waals surface area contributed by atoms with Gasteiger partial charge in [0, 0.05) is 41.7 Å². The average Bonchev–Trinajstić information content (AvgIpc) is 3.39. The van der Waals surface area contributed by atoms with E-state index in [4.69, 9.17) is 16.0 Å². The fourth-order valence-corrected chi connectivity index (χ4v) is 5.32. The van der Waals surface area contributed by atoms with Crippen LogP contribution in [0, 0.1) is 16.7 Å². The first-order valence-corrected chi connectivity index (χ1v) is 12.3. The number of amides is 1. The minimum atomic E-state index is -0.508. The number of nitrogens with zero attached hydrogens (tertiary/aromatic N) is 3. The maximum Gasteiger partial charge on any atom is 0.331 e. The molecule has 1 aliphatic rings. The molecule has 0 atom stereocenters. The van der Waals surface area contributed by atoms with Crippen LogP contribution in [0.2, 0.25) is 0 Å². The molecule has 0 radical (unpaired) electrons. The highest BCUT2D eigenvalue weighted by molar-refractivity contribution is 7.19. The van der Waals surface area contributed by atoms with Gasteiger partial charge in [-0.3, -0.25) is 23.6 Å². The molecule has 1 fully saturated rings. The summed E-state index contributed by atoms with van der Waals surface area (Å²) in [6.07, 6.45) is 0.923. The van der Waals surface area contributed by atoms with Crippen LogP contribution in [0.3, 0.4) is 0 Å². The zero-order chi connectivity index (χ0) is 25.5. The van der Waals surface area contributed by atoms with Gasteiger partial charge in [-0.05, 0) is 24.8 Å². The molecular weight excluding hydrogens is 454 g/mol. The zero-order valence-electron chi connectivity index (χ0n) is 21.1. The first-order valence-electron chi connectivity index (χ1n) is 11.5. The van der Waals surface area contributed by atoms with E-state index in [9.17, 15) is 14.4 Å². The van der Waals surface area contributed by atoms with Crippen LogP contribution < -0.4 is 17.0 Å². The first-order chi connectivity index (χ1) is 15.8. The van der Waals surface area contributed by atoms with Gasteiger partial charge >= 0.3 is 5.69 Å². The van der Waals surface area contributed by atoms with Crippen molar-refractivity contribution in [3.63, 3.8) is 0 Å². The fourth-order valence-electron chi connectivity index (χ4n) is 4.02. The number of aromatic nitrogens is 2. The van der Waals surface area contributed by atoms with Crippen LogP contribution in [-0.2, 0) is 24.9 Å². The number of rotatable bonds is 6. The molecule has 3 N–H and O–H groups in total. The predicted octanol–water partition coefficient (Wildman–Crippen LogP) is 3.04. The van der Waals surface area contributed by atoms with Gasteiger partial charge in [-0.2, -0.15) is 0 Å². The smallest absolute Gasteiger partial charge is 0.331 e. The van der Waals surface area contributed by atoms with Gasteiger partial charge in [0.15, 0.2) is 0 Å². The normalized spacial score (nSPS) is 15.4. The number of hydroxylamine groups is 2. The summed E-state index contributed by atoms with van der Waals surface area (Å²) in [5.74, 6) is -0.247. The third-order valence-electron chi connectivity index (χ3n) is 5.85. The molecule has 1 saturated heterocycles. The quantitative estimate of drug-likeness (QED) is 0.604. The van der Waals surface area contributed by atoms with Crippen molar-refractivity contribution in [2.45, 2.75) is 60.9 Å². The molecule has 0 aliphatic carbocycles. The molecule has 3 rings (SSSR count). The minimum Gasteiger partial charge on any atom is -0.402 e. The second kappa shape index (κ2) is 9.50. The number of carbonyl (C=O) groups is 1. The number of hydrogen-bond donors (Lipinski definition) is 2. The van der Waals surface area contributed by atoms with Crippen LogP contribution in [0.5, 0.6) is 0 Å². The van der Waals surface area contributed by atoms with Gasteiger partial charge < -0.3 is 11.1 Å². The van der Waals surface area contributed by atoms with Crippen LogP contribution >= 0.6 is 11.3 Å². The van der Waals surface area contributed by atoms with Gasteiger partial charge in [-0.1, -0.05) is 34.6 Å². The van der Waals surface area contributed by atoms with Crippen molar-refractivity contribution < 1.29 is 9.63 Å². The molecule has 0 aromatic carbocycles. The van der Waals surface area contributed by atoms with E-state index in [0.29, 0.717) is 52.8 Å². The molecule has 10 heteroatoms. The summed E-state index contributed by atoms with van der Waals surface area (Å²) in [4.78, 5) is 46.5. The SMILES string of the molecule is C/C(N)=C(\Cc1sc2c(c1C(=O)N1CCCO1)c(=O)n(C)c(=O)n2CC(C)C)C(=N)C(C)(C)C. The van der Waals surface area contributed by atoms with Gasteiger partial charge in [-0.25, -0.2) is 9.86 Å². The Kier molecular flexibility index (Phi) is 7.23. The number of carbonyl (C=O) groups excluding carboxylic acids is 1. The Balaban J connectivity index is 2.35. The van der Waals surface area contributed by atoms with Gasteiger partial charge in [-0.15, -0.1) is 11.3 Å². The maximum absolute atomic E-state index is 13.6. The van der Waals surface area contributed by atoms with Gasteiger partial charge in [0.25, 0.3) is 11.5 Å². The molecule has 0 spiro atoms. The summed E-state index contributed by atoms with van der Waals surface area (Å²) in [5.41, 5.74) is 6.53. The van der Waals surface area contributed by atoms with Gasteiger partial charge in [0.05, 0.1) is 24.1 Å². The lowest BCUT2D eigenvalue weighted by atomic mass is 9.83. The highest BCUT2D eigenvalue weighted by Gasteiger charge is 2.32. The van der Waals surface area contributed by atoms with E-state index in [-0.39, 0.29) is 23.3 Å². The summed E-state index contributed by atoms with van der Waals surface area (Å²) >= 11 is 1.25. The Morgan fingerprint density at radius 3 is 2.41 bits per heavy atom. The molecule has 3 heterocycles. The Labute approximate surface area is 203 Å². The number of thiophene rings is 1. The van der Waals surface area contributed by atoms with Crippen molar-refractivity contribution in [1.82, 2.24) is 14.2 Å². The molecule has 2 aromatic heterocycles. The van der Waals surface area contributed by atoms with E-state index in [0.717, 1.165) is 4.57 Å². The molecule has 1 aliphatic heterocycles. The molecule has 2 aromatic rings. The molecule has 0 saturated carbocycles. The number of nitrogens with one attached hydrogen (secondary N) is 1. The van der Waals surface area contributed by atoms with Crippen LogP contribution in [0.25, 0.3) is 10.2 Å².